The summed E-state index contributed by atoms with van der Waals surface area (Å²) in [6.07, 6.45) is 5.77. The molecule has 1 amide bonds. The van der Waals surface area contributed by atoms with Crippen molar-refractivity contribution in [3.05, 3.63) is 72.3 Å². The molecule has 5 rings (SSSR count). The molecule has 3 N–H and O–H groups in total. The van der Waals surface area contributed by atoms with Gasteiger partial charge in [-0.25, -0.2) is 15.0 Å². The van der Waals surface area contributed by atoms with E-state index in [0.717, 1.165) is 52.3 Å². The van der Waals surface area contributed by atoms with Crippen LogP contribution in [0.3, 0.4) is 0 Å². The highest BCUT2D eigenvalue weighted by molar-refractivity contribution is 6.06. The van der Waals surface area contributed by atoms with Crippen LogP contribution in [0, 0.1) is 0 Å². The molecule has 37 heavy (non-hydrogen) atoms. The second-order valence-corrected chi connectivity index (χ2v) is 9.83. The Morgan fingerprint density at radius 1 is 1.16 bits per heavy atom. The third-order valence-electron chi connectivity index (χ3n) is 6.88. The molecule has 0 radical (unpaired) electrons. The molecule has 3 aromatic heterocycles. The second-order valence-electron chi connectivity index (χ2n) is 9.83. The van der Waals surface area contributed by atoms with Crippen LogP contribution in [0.1, 0.15) is 42.1 Å². The van der Waals surface area contributed by atoms with E-state index >= 15 is 0 Å². The van der Waals surface area contributed by atoms with E-state index in [9.17, 15) is 9.90 Å². The number of nitrogens with one attached hydrogen (secondary N) is 2. The first kappa shape index (κ1) is 24.6. The highest BCUT2D eigenvalue weighted by Gasteiger charge is 2.31. The molecule has 0 spiro atoms. The molecule has 4 heterocycles. The monoisotopic (exact) mass is 497 g/mol. The van der Waals surface area contributed by atoms with Gasteiger partial charge in [-0.05, 0) is 37.1 Å². The van der Waals surface area contributed by atoms with Crippen molar-refractivity contribution in [1.29, 1.82) is 0 Å². The van der Waals surface area contributed by atoms with E-state index < -0.39 is 5.60 Å². The average molecular weight is 498 g/mol. The zero-order valence-electron chi connectivity index (χ0n) is 21.3. The molecule has 1 aromatic carbocycles. The molecule has 0 saturated carbocycles. The lowest BCUT2D eigenvalue weighted by molar-refractivity contribution is 0.0838. The molecule has 0 bridgehead atoms. The number of benzene rings is 1. The van der Waals surface area contributed by atoms with Gasteiger partial charge in [0.2, 0.25) is 0 Å². The minimum Gasteiger partial charge on any atom is -0.388 e. The third-order valence-corrected chi connectivity index (χ3v) is 6.88. The summed E-state index contributed by atoms with van der Waals surface area (Å²) in [5, 5.41) is 17.2. The number of pyridine rings is 2. The molecule has 1 fully saturated rings. The van der Waals surface area contributed by atoms with Gasteiger partial charge in [0.1, 0.15) is 18.0 Å². The zero-order valence-corrected chi connectivity index (χ0v) is 21.3. The lowest BCUT2D eigenvalue weighted by Gasteiger charge is -2.20. The normalized spacial score (nSPS) is 18.1. The van der Waals surface area contributed by atoms with Crippen molar-refractivity contribution in [2.45, 2.75) is 31.8 Å². The molecule has 9 heteroatoms. The maximum atomic E-state index is 12.3. The number of aromatic nitrogens is 4. The van der Waals surface area contributed by atoms with E-state index in [4.69, 9.17) is 0 Å². The first-order chi connectivity index (χ1) is 17.8. The number of hydrogen-bond donors (Lipinski definition) is 3. The van der Waals surface area contributed by atoms with E-state index in [1.807, 2.05) is 49.5 Å². The van der Waals surface area contributed by atoms with Crippen LogP contribution in [-0.2, 0) is 0 Å². The van der Waals surface area contributed by atoms with Crippen molar-refractivity contribution in [3.8, 4) is 11.3 Å². The summed E-state index contributed by atoms with van der Waals surface area (Å²) in [5.41, 5.74) is 3.51. The summed E-state index contributed by atoms with van der Waals surface area (Å²) in [7, 11) is 1.63. The molecule has 190 valence electrons. The first-order valence-electron chi connectivity index (χ1n) is 12.4. The van der Waals surface area contributed by atoms with Gasteiger partial charge in [-0.15, -0.1) is 0 Å². The number of β-amino-alcohol motifs (C(OH)–C–C–N with tert-alkyl or cyclic N) is 1. The van der Waals surface area contributed by atoms with Crippen molar-refractivity contribution in [2.24, 2.45) is 0 Å². The Hall–Kier alpha value is -4.11. The van der Waals surface area contributed by atoms with E-state index in [1.54, 1.807) is 25.6 Å². The molecule has 2 unspecified atom stereocenters. The summed E-state index contributed by atoms with van der Waals surface area (Å²) in [6.45, 7) is 5.98. The van der Waals surface area contributed by atoms with E-state index in [2.05, 4.69) is 42.4 Å². The molecule has 1 aliphatic rings. The van der Waals surface area contributed by atoms with Crippen LogP contribution in [0.2, 0.25) is 0 Å². The number of carbonyl (C=O) groups is 1. The van der Waals surface area contributed by atoms with Gasteiger partial charge < -0.3 is 20.6 Å². The first-order valence-corrected chi connectivity index (χ1v) is 12.4. The molecule has 4 aromatic rings. The van der Waals surface area contributed by atoms with Crippen molar-refractivity contribution < 1.29 is 9.90 Å². The number of fused-ring (bicyclic) bond motifs is 1. The Labute approximate surface area is 216 Å². The largest absolute Gasteiger partial charge is 0.388 e. The fourth-order valence-corrected chi connectivity index (χ4v) is 4.77. The standard InChI is InChI=1S/C28H31N7O2/c1-18(20-5-4-6-21-22(27(36)29-3)9-11-30-26(20)21)14-31-24-13-23(33-17-34-24)19-7-8-25(32-15-19)35-12-10-28(2,37)16-35/h4-9,11,13,15,17-18,37H,10,12,14,16H2,1-3H3,(H,29,36)(H,31,33,34). The fraction of sp³-hybridized carbons (Fsp3) is 0.321. The van der Waals surface area contributed by atoms with Crippen molar-refractivity contribution in [1.82, 2.24) is 25.3 Å². The maximum Gasteiger partial charge on any atom is 0.251 e. The van der Waals surface area contributed by atoms with Gasteiger partial charge in [0.25, 0.3) is 5.91 Å². The van der Waals surface area contributed by atoms with Gasteiger partial charge in [0, 0.05) is 62.0 Å². The van der Waals surface area contributed by atoms with Crippen LogP contribution in [-0.4, -0.2) is 63.2 Å². The smallest absolute Gasteiger partial charge is 0.251 e. The number of carbonyl (C=O) groups excluding carboxylic acids is 1. The van der Waals surface area contributed by atoms with Crippen LogP contribution in [0.5, 0.6) is 0 Å². The number of amides is 1. The number of anilines is 2. The van der Waals surface area contributed by atoms with Gasteiger partial charge in [0.15, 0.2) is 0 Å². The number of aliphatic hydroxyl groups is 1. The molecule has 9 nitrogen and oxygen atoms in total. The van der Waals surface area contributed by atoms with Gasteiger partial charge in [-0.2, -0.15) is 0 Å². The highest BCUT2D eigenvalue weighted by atomic mass is 16.3. The minimum atomic E-state index is -0.667. The molecule has 1 saturated heterocycles. The van der Waals surface area contributed by atoms with Gasteiger partial charge >= 0.3 is 0 Å². The van der Waals surface area contributed by atoms with Gasteiger partial charge in [0.05, 0.1) is 22.4 Å². The SMILES string of the molecule is CNC(=O)c1ccnc2c(C(C)CNc3cc(-c4ccc(N5CCC(C)(O)C5)nc4)ncn3)cccc12. The third kappa shape index (κ3) is 5.22. The summed E-state index contributed by atoms with van der Waals surface area (Å²) in [6, 6.07) is 13.6. The number of rotatable bonds is 7. The Morgan fingerprint density at radius 3 is 2.76 bits per heavy atom. The average Bonchev–Trinajstić information content (AvgIpc) is 3.30. The predicted molar refractivity (Wildman–Crippen MR) is 145 cm³/mol. The minimum absolute atomic E-state index is 0.119. The topological polar surface area (TPSA) is 116 Å². The Balaban J connectivity index is 1.29. The Bertz CT molecular complexity index is 1420. The fourth-order valence-electron chi connectivity index (χ4n) is 4.77. The summed E-state index contributed by atoms with van der Waals surface area (Å²) in [5.74, 6) is 1.56. The van der Waals surface area contributed by atoms with Crippen molar-refractivity contribution >= 4 is 28.4 Å². The van der Waals surface area contributed by atoms with E-state index in [1.165, 1.54) is 0 Å². The molecule has 1 aliphatic heterocycles. The summed E-state index contributed by atoms with van der Waals surface area (Å²) < 4.78 is 0. The molecular weight excluding hydrogens is 466 g/mol. The summed E-state index contributed by atoms with van der Waals surface area (Å²) in [4.78, 5) is 32.4. The lowest BCUT2D eigenvalue weighted by Crippen LogP contribution is -2.29. The molecule has 0 aliphatic carbocycles. The molecule has 2 atom stereocenters. The number of nitrogens with zero attached hydrogens (tertiary/aromatic N) is 5. The van der Waals surface area contributed by atoms with Crippen LogP contribution >= 0.6 is 0 Å². The maximum absolute atomic E-state index is 12.3. The van der Waals surface area contributed by atoms with Crippen LogP contribution in [0.15, 0.2) is 61.2 Å². The lowest BCUT2D eigenvalue weighted by atomic mass is 9.96. The van der Waals surface area contributed by atoms with Crippen LogP contribution < -0.4 is 15.5 Å². The summed E-state index contributed by atoms with van der Waals surface area (Å²) >= 11 is 0. The Kier molecular flexibility index (Phi) is 6.71. The molecular formula is C28H31N7O2. The van der Waals surface area contributed by atoms with Gasteiger partial charge in [-0.1, -0.05) is 25.1 Å². The van der Waals surface area contributed by atoms with E-state index in [-0.39, 0.29) is 11.8 Å². The van der Waals surface area contributed by atoms with Crippen LogP contribution in [0.25, 0.3) is 22.2 Å². The van der Waals surface area contributed by atoms with Crippen LogP contribution in [0.4, 0.5) is 11.6 Å². The number of para-hydroxylation sites is 1. The van der Waals surface area contributed by atoms with Crippen molar-refractivity contribution in [2.75, 3.05) is 36.9 Å². The van der Waals surface area contributed by atoms with Crippen molar-refractivity contribution in [3.63, 3.8) is 0 Å². The van der Waals surface area contributed by atoms with E-state index in [0.29, 0.717) is 18.7 Å². The quantitative estimate of drug-likeness (QED) is 0.355. The predicted octanol–water partition coefficient (Wildman–Crippen LogP) is 3.62. The highest BCUT2D eigenvalue weighted by Crippen LogP contribution is 2.28. The van der Waals surface area contributed by atoms with Gasteiger partial charge in [-0.3, -0.25) is 9.78 Å². The zero-order chi connectivity index (χ0) is 26.0. The number of hydrogen-bond acceptors (Lipinski definition) is 8. The Morgan fingerprint density at radius 2 is 2.03 bits per heavy atom. The second kappa shape index (κ2) is 10.1.